The summed E-state index contributed by atoms with van der Waals surface area (Å²) in [5.41, 5.74) is 6.83. The molecule has 0 aliphatic carbocycles. The van der Waals surface area contributed by atoms with Gasteiger partial charge in [-0.25, -0.2) is 4.79 Å². The number of hydrogen-bond acceptors (Lipinski definition) is 4. The molecule has 104 valence electrons. The molecule has 0 spiro atoms. The number of likely N-dealkylation sites (tertiary alicyclic amines) is 1. The Hall–Kier alpha value is -1.55. The maximum Gasteiger partial charge on any atom is 0.338 e. The molecule has 4 nitrogen and oxygen atoms in total. The lowest BCUT2D eigenvalue weighted by molar-refractivity contribution is 0.0114. The average Bonchev–Trinajstić information content (AvgIpc) is 2.42. The van der Waals surface area contributed by atoms with Crippen LogP contribution in [0.5, 0.6) is 0 Å². The van der Waals surface area contributed by atoms with Crippen LogP contribution in [0.2, 0.25) is 0 Å². The summed E-state index contributed by atoms with van der Waals surface area (Å²) in [6.45, 7) is 5.37. The molecule has 0 unspecified atom stereocenters. The van der Waals surface area contributed by atoms with Crippen molar-refractivity contribution in [3.63, 3.8) is 0 Å². The summed E-state index contributed by atoms with van der Waals surface area (Å²) in [5, 5.41) is 0. The number of carbonyl (C=O) groups excluding carboxylic acids is 1. The summed E-state index contributed by atoms with van der Waals surface area (Å²) in [6.07, 6.45) is 3.09. The Balaban J connectivity index is 1.82. The molecule has 1 fully saturated rings. The van der Waals surface area contributed by atoms with Gasteiger partial charge in [-0.05, 0) is 50.1 Å². The number of benzene rings is 1. The van der Waals surface area contributed by atoms with Gasteiger partial charge in [-0.2, -0.15) is 0 Å². The Bertz CT molecular complexity index is 409. The quantitative estimate of drug-likeness (QED) is 0.668. The largest absolute Gasteiger partial charge is 0.459 e. The van der Waals surface area contributed by atoms with Crippen molar-refractivity contribution in [2.75, 3.05) is 25.4 Å². The maximum absolute atomic E-state index is 12.0. The number of piperidine rings is 1. The zero-order valence-electron chi connectivity index (χ0n) is 11.5. The lowest BCUT2D eigenvalue weighted by Crippen LogP contribution is -2.38. The molecular weight excluding hydrogens is 240 g/mol. The topological polar surface area (TPSA) is 55.6 Å². The summed E-state index contributed by atoms with van der Waals surface area (Å²) < 4.78 is 5.54. The van der Waals surface area contributed by atoms with Crippen molar-refractivity contribution < 1.29 is 9.53 Å². The highest BCUT2D eigenvalue weighted by Gasteiger charge is 2.22. The Kier molecular flexibility index (Phi) is 4.80. The van der Waals surface area contributed by atoms with E-state index in [0.29, 0.717) is 11.3 Å². The molecule has 19 heavy (non-hydrogen) atoms. The summed E-state index contributed by atoms with van der Waals surface area (Å²) in [6, 6.07) is 6.87. The fraction of sp³-hybridized carbons (Fsp3) is 0.533. The van der Waals surface area contributed by atoms with Gasteiger partial charge in [-0.15, -0.1) is 0 Å². The lowest BCUT2D eigenvalue weighted by atomic mass is 10.1. The van der Waals surface area contributed by atoms with Crippen LogP contribution < -0.4 is 5.73 Å². The Labute approximate surface area is 114 Å². The Morgan fingerprint density at radius 1 is 1.32 bits per heavy atom. The van der Waals surface area contributed by atoms with Crippen LogP contribution in [0.4, 0.5) is 5.69 Å². The number of rotatable bonds is 4. The van der Waals surface area contributed by atoms with E-state index >= 15 is 0 Å². The second-order valence-corrected chi connectivity index (χ2v) is 5.07. The molecule has 1 saturated heterocycles. The highest BCUT2D eigenvalue weighted by Crippen LogP contribution is 2.16. The zero-order valence-corrected chi connectivity index (χ0v) is 11.5. The van der Waals surface area contributed by atoms with Crippen LogP contribution in [0.15, 0.2) is 24.3 Å². The van der Waals surface area contributed by atoms with Crippen LogP contribution in [-0.4, -0.2) is 36.6 Å². The summed E-state index contributed by atoms with van der Waals surface area (Å²) >= 11 is 0. The van der Waals surface area contributed by atoms with Crippen molar-refractivity contribution in [1.82, 2.24) is 4.90 Å². The van der Waals surface area contributed by atoms with Crippen molar-refractivity contribution in [1.29, 1.82) is 0 Å². The summed E-state index contributed by atoms with van der Waals surface area (Å²) in [7, 11) is 0. The molecule has 0 atom stereocenters. The molecule has 1 aliphatic heterocycles. The molecule has 2 rings (SSSR count). The number of nitrogens with two attached hydrogens (primary N) is 1. The SMILES string of the molecule is CCCN1CCC(OC(=O)c2ccc(N)cc2)CC1. The number of ether oxygens (including phenoxy) is 1. The van der Waals surface area contributed by atoms with E-state index in [0.717, 1.165) is 32.5 Å². The van der Waals surface area contributed by atoms with Crippen LogP contribution in [0, 0.1) is 0 Å². The standard InChI is InChI=1S/C15H22N2O2/c1-2-9-17-10-7-14(8-11-17)19-15(18)12-3-5-13(16)6-4-12/h3-6,14H,2,7-11,16H2,1H3. The van der Waals surface area contributed by atoms with E-state index in [2.05, 4.69) is 11.8 Å². The molecule has 1 aromatic rings. The van der Waals surface area contributed by atoms with Gasteiger partial charge < -0.3 is 15.4 Å². The summed E-state index contributed by atoms with van der Waals surface area (Å²) in [5.74, 6) is -0.242. The highest BCUT2D eigenvalue weighted by molar-refractivity contribution is 5.89. The van der Waals surface area contributed by atoms with Crippen molar-refractivity contribution >= 4 is 11.7 Å². The second kappa shape index (κ2) is 6.57. The van der Waals surface area contributed by atoms with E-state index in [9.17, 15) is 4.79 Å². The molecule has 0 saturated carbocycles. The van der Waals surface area contributed by atoms with Gasteiger partial charge >= 0.3 is 5.97 Å². The van der Waals surface area contributed by atoms with E-state index in [1.54, 1.807) is 24.3 Å². The molecule has 0 radical (unpaired) electrons. The third-order valence-electron chi connectivity index (χ3n) is 3.49. The van der Waals surface area contributed by atoms with E-state index in [-0.39, 0.29) is 12.1 Å². The van der Waals surface area contributed by atoms with E-state index in [4.69, 9.17) is 10.5 Å². The van der Waals surface area contributed by atoms with Crippen molar-refractivity contribution in [2.24, 2.45) is 0 Å². The smallest absolute Gasteiger partial charge is 0.338 e. The van der Waals surface area contributed by atoms with Gasteiger partial charge in [-0.1, -0.05) is 6.92 Å². The van der Waals surface area contributed by atoms with Gasteiger partial charge in [0.1, 0.15) is 6.10 Å². The second-order valence-electron chi connectivity index (χ2n) is 5.07. The number of hydrogen-bond donors (Lipinski definition) is 1. The molecule has 1 aliphatic rings. The van der Waals surface area contributed by atoms with E-state index in [1.807, 2.05) is 0 Å². The predicted molar refractivity (Wildman–Crippen MR) is 76.0 cm³/mol. The van der Waals surface area contributed by atoms with Gasteiger partial charge in [0.15, 0.2) is 0 Å². The molecule has 1 aromatic carbocycles. The monoisotopic (exact) mass is 262 g/mol. The van der Waals surface area contributed by atoms with Gasteiger partial charge in [0.25, 0.3) is 0 Å². The van der Waals surface area contributed by atoms with Gasteiger partial charge in [0.05, 0.1) is 5.56 Å². The Morgan fingerprint density at radius 2 is 1.95 bits per heavy atom. The maximum atomic E-state index is 12.0. The molecule has 0 bridgehead atoms. The Morgan fingerprint density at radius 3 is 2.53 bits per heavy atom. The number of nitrogens with zero attached hydrogens (tertiary/aromatic N) is 1. The minimum Gasteiger partial charge on any atom is -0.459 e. The van der Waals surface area contributed by atoms with E-state index in [1.165, 1.54) is 6.42 Å². The number of nitrogen functional groups attached to an aromatic ring is 1. The van der Waals surface area contributed by atoms with E-state index < -0.39 is 0 Å². The average molecular weight is 262 g/mol. The number of carbonyl (C=O) groups is 1. The fourth-order valence-corrected chi connectivity index (χ4v) is 2.41. The molecule has 2 N–H and O–H groups in total. The van der Waals surface area contributed by atoms with Crippen LogP contribution >= 0.6 is 0 Å². The third-order valence-corrected chi connectivity index (χ3v) is 3.49. The van der Waals surface area contributed by atoms with Gasteiger partial charge in [-0.3, -0.25) is 0 Å². The van der Waals surface area contributed by atoms with Crippen LogP contribution in [-0.2, 0) is 4.74 Å². The van der Waals surface area contributed by atoms with Crippen LogP contribution in [0.25, 0.3) is 0 Å². The fourth-order valence-electron chi connectivity index (χ4n) is 2.41. The number of anilines is 1. The first-order valence-electron chi connectivity index (χ1n) is 6.98. The minimum absolute atomic E-state index is 0.0539. The summed E-state index contributed by atoms with van der Waals surface area (Å²) in [4.78, 5) is 14.4. The van der Waals surface area contributed by atoms with Crippen molar-refractivity contribution in [3.05, 3.63) is 29.8 Å². The van der Waals surface area contributed by atoms with Crippen molar-refractivity contribution in [2.45, 2.75) is 32.3 Å². The highest BCUT2D eigenvalue weighted by atomic mass is 16.5. The normalized spacial score (nSPS) is 17.3. The molecule has 4 heteroatoms. The molecular formula is C15H22N2O2. The number of esters is 1. The lowest BCUT2D eigenvalue weighted by Gasteiger charge is -2.31. The first-order valence-corrected chi connectivity index (χ1v) is 6.98. The molecule has 0 amide bonds. The van der Waals surface area contributed by atoms with Gasteiger partial charge in [0.2, 0.25) is 0 Å². The van der Waals surface area contributed by atoms with Crippen molar-refractivity contribution in [3.8, 4) is 0 Å². The van der Waals surface area contributed by atoms with Crippen LogP contribution in [0.1, 0.15) is 36.5 Å². The first-order chi connectivity index (χ1) is 9.19. The third kappa shape index (κ3) is 3.96. The molecule has 1 heterocycles. The first kappa shape index (κ1) is 13.9. The zero-order chi connectivity index (χ0) is 13.7. The molecule has 0 aromatic heterocycles. The predicted octanol–water partition coefficient (Wildman–Crippen LogP) is 2.30. The van der Waals surface area contributed by atoms with Crippen LogP contribution in [0.3, 0.4) is 0 Å². The van der Waals surface area contributed by atoms with Gasteiger partial charge in [0, 0.05) is 18.8 Å². The minimum atomic E-state index is -0.242.